The fraction of sp³-hybridized carbons (Fsp3) is 0.324. The maximum Gasteiger partial charge on any atom is 0.290 e. The number of nitrogen functional groups attached to an aromatic ring is 1. The van der Waals surface area contributed by atoms with Gasteiger partial charge in [0.1, 0.15) is 40.9 Å². The Morgan fingerprint density at radius 2 is 1.84 bits per heavy atom. The number of pyridine rings is 2. The van der Waals surface area contributed by atoms with Crippen LogP contribution in [0.25, 0.3) is 16.8 Å². The van der Waals surface area contributed by atoms with Gasteiger partial charge < -0.3 is 16.2 Å². The Morgan fingerprint density at radius 1 is 1.12 bits per heavy atom. The topological polar surface area (TPSA) is 136 Å². The first-order valence-corrected chi connectivity index (χ1v) is 15.4. The number of aliphatic hydroxyl groups is 1. The van der Waals surface area contributed by atoms with Crippen molar-refractivity contribution in [2.75, 3.05) is 5.73 Å². The lowest BCUT2D eigenvalue weighted by Gasteiger charge is -2.23. The number of carbonyl (C=O) groups is 1. The van der Waals surface area contributed by atoms with Crippen LogP contribution >= 0.6 is 0 Å². The lowest BCUT2D eigenvalue weighted by molar-refractivity contribution is -0.122. The molecule has 260 valence electrons. The molecule has 4 N–H and O–H groups in total. The van der Waals surface area contributed by atoms with E-state index in [1.807, 2.05) is 0 Å². The number of aromatic nitrogens is 6. The molecule has 10 nitrogen and oxygen atoms in total. The van der Waals surface area contributed by atoms with Crippen molar-refractivity contribution >= 4 is 17.5 Å². The van der Waals surface area contributed by atoms with E-state index in [1.54, 1.807) is 30.5 Å². The zero-order valence-corrected chi connectivity index (χ0v) is 26.9. The fourth-order valence-electron chi connectivity index (χ4n) is 6.12. The predicted octanol–water partition coefficient (Wildman–Crippen LogP) is 5.61. The third-order valence-electron chi connectivity index (χ3n) is 8.11. The van der Waals surface area contributed by atoms with Gasteiger partial charge in [0.15, 0.2) is 5.65 Å². The standard InChI is InChI=1S/C34H30F6N8O2/c1-17-14-34(39,40)30-27(17)29(31(37)38)46-48(30)16-26(49)43-24(12-18-10-20(35)13-21(36)11-18)28-23(6-5-22(42-28)8-9-33(2,3)50)19-4-7-25-44-45-32(41)47(25)15-19/h4-7,10-11,13,15,17,24,31,50H,12,14,16H2,1-3H3,(H2,41,45)(H,43,49)/t17-,24-/m0/s1. The molecule has 0 saturated heterocycles. The van der Waals surface area contributed by atoms with Gasteiger partial charge in [0.05, 0.1) is 11.7 Å². The maximum absolute atomic E-state index is 15.1. The number of alkyl halides is 4. The lowest BCUT2D eigenvalue weighted by atomic mass is 9.95. The van der Waals surface area contributed by atoms with E-state index in [4.69, 9.17) is 5.73 Å². The first-order chi connectivity index (χ1) is 23.5. The van der Waals surface area contributed by atoms with Crippen molar-refractivity contribution in [2.45, 2.75) is 70.1 Å². The quantitative estimate of drug-likeness (QED) is 0.142. The van der Waals surface area contributed by atoms with E-state index in [9.17, 15) is 27.5 Å². The molecule has 1 aliphatic rings. The Labute approximate surface area is 281 Å². The Bertz CT molecular complexity index is 2160. The van der Waals surface area contributed by atoms with Gasteiger partial charge in [-0.2, -0.15) is 13.9 Å². The SMILES string of the molecule is C[C@H]1CC(F)(F)c2c1c(C(F)F)nn2CC(=O)N[C@@H](Cc1cc(F)cc(F)c1)c1nc(C#CC(C)(C)O)ccc1-c1ccc2nnc(N)n2c1. The summed E-state index contributed by atoms with van der Waals surface area (Å²) in [5.74, 6) is -1.65. The highest BCUT2D eigenvalue weighted by Crippen LogP contribution is 2.50. The largest absolute Gasteiger partial charge is 0.378 e. The summed E-state index contributed by atoms with van der Waals surface area (Å²) in [5, 5.41) is 24.4. The third-order valence-corrected chi connectivity index (χ3v) is 8.11. The van der Waals surface area contributed by atoms with Gasteiger partial charge in [-0.15, -0.1) is 10.2 Å². The second-order valence-corrected chi connectivity index (χ2v) is 12.7. The van der Waals surface area contributed by atoms with Crippen molar-refractivity contribution in [3.63, 3.8) is 0 Å². The van der Waals surface area contributed by atoms with Crippen molar-refractivity contribution < 1.29 is 36.2 Å². The summed E-state index contributed by atoms with van der Waals surface area (Å²) in [6, 6.07) is 8.07. The number of nitrogens with one attached hydrogen (secondary N) is 1. The molecule has 6 rings (SSSR count). The van der Waals surface area contributed by atoms with Crippen molar-refractivity contribution in [3.05, 3.63) is 94.2 Å². The second kappa shape index (κ2) is 12.8. The van der Waals surface area contributed by atoms with Crippen molar-refractivity contribution in [3.8, 4) is 23.0 Å². The number of hydrogen-bond acceptors (Lipinski definition) is 7. The van der Waals surface area contributed by atoms with Crippen LogP contribution in [0.15, 0.2) is 48.7 Å². The summed E-state index contributed by atoms with van der Waals surface area (Å²) in [4.78, 5) is 18.3. The minimum absolute atomic E-state index is 0.0742. The van der Waals surface area contributed by atoms with Gasteiger partial charge in [-0.1, -0.05) is 12.8 Å². The van der Waals surface area contributed by atoms with Crippen molar-refractivity contribution in [1.29, 1.82) is 0 Å². The number of benzene rings is 1. The Balaban J connectivity index is 1.47. The number of rotatable bonds is 8. The summed E-state index contributed by atoms with van der Waals surface area (Å²) in [5.41, 5.74) is 4.41. The molecule has 1 aromatic carbocycles. The molecule has 0 bridgehead atoms. The molecule has 0 fully saturated rings. The molecule has 0 aliphatic heterocycles. The molecule has 50 heavy (non-hydrogen) atoms. The summed E-state index contributed by atoms with van der Waals surface area (Å²) in [7, 11) is 0. The van der Waals surface area contributed by atoms with Gasteiger partial charge >= 0.3 is 0 Å². The summed E-state index contributed by atoms with van der Waals surface area (Å²) >= 11 is 0. The summed E-state index contributed by atoms with van der Waals surface area (Å²) < 4.78 is 88.7. The van der Waals surface area contributed by atoms with E-state index < -0.39 is 71.8 Å². The number of halogens is 6. The fourth-order valence-corrected chi connectivity index (χ4v) is 6.12. The third kappa shape index (κ3) is 6.99. The number of anilines is 1. The molecule has 2 atom stereocenters. The molecule has 4 heterocycles. The molecule has 0 radical (unpaired) electrons. The zero-order valence-electron chi connectivity index (χ0n) is 26.9. The molecule has 1 aliphatic carbocycles. The van der Waals surface area contributed by atoms with Gasteiger partial charge in [-0.05, 0) is 74.1 Å². The summed E-state index contributed by atoms with van der Waals surface area (Å²) in [6.07, 6.45) is -2.53. The average Bonchev–Trinajstić information content (AvgIpc) is 3.66. The highest BCUT2D eigenvalue weighted by molar-refractivity contribution is 5.77. The van der Waals surface area contributed by atoms with Crippen LogP contribution in [0.4, 0.5) is 32.3 Å². The molecule has 5 aromatic rings. The smallest absolute Gasteiger partial charge is 0.290 e. The Kier molecular flexibility index (Phi) is 8.81. The Morgan fingerprint density at radius 3 is 2.52 bits per heavy atom. The predicted molar refractivity (Wildman–Crippen MR) is 169 cm³/mol. The first-order valence-electron chi connectivity index (χ1n) is 15.4. The van der Waals surface area contributed by atoms with E-state index in [0.717, 1.165) is 12.1 Å². The maximum atomic E-state index is 15.1. The van der Waals surface area contributed by atoms with Crippen LogP contribution in [0.2, 0.25) is 0 Å². The van der Waals surface area contributed by atoms with Gasteiger partial charge in [-0.3, -0.25) is 13.9 Å². The number of amides is 1. The van der Waals surface area contributed by atoms with E-state index in [1.165, 1.54) is 25.2 Å². The van der Waals surface area contributed by atoms with Gasteiger partial charge in [0, 0.05) is 35.4 Å². The van der Waals surface area contributed by atoms with Crippen LogP contribution in [-0.4, -0.2) is 46.0 Å². The Hall–Kier alpha value is -5.43. The van der Waals surface area contributed by atoms with Crippen LogP contribution in [0.1, 0.15) is 79.5 Å². The zero-order chi connectivity index (χ0) is 36.1. The minimum Gasteiger partial charge on any atom is -0.378 e. The highest BCUT2D eigenvalue weighted by atomic mass is 19.3. The van der Waals surface area contributed by atoms with Gasteiger partial charge in [0.2, 0.25) is 11.9 Å². The van der Waals surface area contributed by atoms with E-state index >= 15 is 8.78 Å². The van der Waals surface area contributed by atoms with E-state index in [-0.39, 0.29) is 34.9 Å². The second-order valence-electron chi connectivity index (χ2n) is 12.7. The lowest BCUT2D eigenvalue weighted by Crippen LogP contribution is -2.35. The first kappa shape index (κ1) is 34.4. The molecular formula is C34H30F6N8O2. The molecule has 0 unspecified atom stereocenters. The van der Waals surface area contributed by atoms with Crippen molar-refractivity contribution in [2.24, 2.45) is 0 Å². The van der Waals surface area contributed by atoms with E-state index in [2.05, 4.69) is 37.4 Å². The number of carbonyl (C=O) groups excluding carboxylic acids is 1. The summed E-state index contributed by atoms with van der Waals surface area (Å²) in [6.45, 7) is 3.44. The molecule has 0 saturated carbocycles. The van der Waals surface area contributed by atoms with Crippen molar-refractivity contribution in [1.82, 2.24) is 34.7 Å². The van der Waals surface area contributed by atoms with Crippen LogP contribution in [0, 0.1) is 23.5 Å². The monoisotopic (exact) mass is 696 g/mol. The normalized spacial score (nSPS) is 15.9. The number of hydrogen-bond donors (Lipinski definition) is 3. The average molecular weight is 697 g/mol. The van der Waals surface area contributed by atoms with Crippen LogP contribution in [-0.2, 0) is 23.7 Å². The van der Waals surface area contributed by atoms with Crippen LogP contribution < -0.4 is 11.1 Å². The molecule has 1 amide bonds. The number of fused-ring (bicyclic) bond motifs is 2. The number of nitrogens with zero attached hydrogens (tertiary/aromatic N) is 6. The van der Waals surface area contributed by atoms with Gasteiger partial charge in [-0.25, -0.2) is 22.5 Å². The van der Waals surface area contributed by atoms with Crippen LogP contribution in [0.3, 0.4) is 0 Å². The van der Waals surface area contributed by atoms with Crippen LogP contribution in [0.5, 0.6) is 0 Å². The van der Waals surface area contributed by atoms with Gasteiger partial charge in [0.25, 0.3) is 12.3 Å². The highest BCUT2D eigenvalue weighted by Gasteiger charge is 2.50. The molecule has 16 heteroatoms. The number of nitrogens with two attached hydrogens (primary N) is 1. The minimum atomic E-state index is -3.52. The van der Waals surface area contributed by atoms with E-state index in [0.29, 0.717) is 27.5 Å². The molecule has 4 aromatic heterocycles. The molecular weight excluding hydrogens is 666 g/mol. The molecule has 0 spiro atoms.